The Morgan fingerprint density at radius 2 is 1.71 bits per heavy atom. The number of sulfonamides is 1. The smallest absolute Gasteiger partial charge is 0.308 e. The van der Waals surface area contributed by atoms with Gasteiger partial charge in [0.25, 0.3) is 5.91 Å². The molecule has 7 nitrogen and oxygen atoms in total. The second-order valence-corrected chi connectivity index (χ2v) is 10.7. The van der Waals surface area contributed by atoms with Gasteiger partial charge in [-0.2, -0.15) is 4.31 Å². The second-order valence-electron chi connectivity index (χ2n) is 7.93. The molecule has 0 radical (unpaired) electrons. The first-order chi connectivity index (χ1) is 16.8. The van der Waals surface area contributed by atoms with Crippen molar-refractivity contribution in [2.75, 3.05) is 18.5 Å². The Kier molecular flexibility index (Phi) is 7.76. The van der Waals surface area contributed by atoms with Crippen LogP contribution in [0.2, 0.25) is 10.0 Å². The van der Waals surface area contributed by atoms with Crippen molar-refractivity contribution in [3.8, 4) is 0 Å². The van der Waals surface area contributed by atoms with Gasteiger partial charge in [0.2, 0.25) is 10.0 Å². The number of carbonyl (C=O) groups excluding carboxylic acids is 2. The van der Waals surface area contributed by atoms with Gasteiger partial charge in [-0.05, 0) is 47.9 Å². The molecule has 0 aromatic heterocycles. The first kappa shape index (κ1) is 25.2. The molecule has 0 spiro atoms. The van der Waals surface area contributed by atoms with Gasteiger partial charge in [0.1, 0.15) is 0 Å². The van der Waals surface area contributed by atoms with Crippen molar-refractivity contribution in [3.63, 3.8) is 0 Å². The first-order valence-corrected chi connectivity index (χ1v) is 13.0. The van der Waals surface area contributed by atoms with E-state index in [1.165, 1.54) is 28.6 Å². The van der Waals surface area contributed by atoms with E-state index < -0.39 is 34.5 Å². The number of amides is 1. The SMILES string of the molecule is O=C(COC(=O)CC1c2ccccc2CCN1S(=O)(=O)c1ccccc1)Nc1ccc(Cl)cc1Cl. The minimum Gasteiger partial charge on any atom is -0.456 e. The number of fused-ring (bicyclic) bond motifs is 1. The van der Waals surface area contributed by atoms with Gasteiger partial charge in [-0.15, -0.1) is 0 Å². The number of carbonyl (C=O) groups is 2. The van der Waals surface area contributed by atoms with Crippen molar-refractivity contribution in [1.82, 2.24) is 4.31 Å². The summed E-state index contributed by atoms with van der Waals surface area (Å²) in [6, 6.07) is 19.3. The van der Waals surface area contributed by atoms with Gasteiger partial charge in [0.05, 0.1) is 28.1 Å². The number of nitrogens with zero attached hydrogens (tertiary/aromatic N) is 1. The molecule has 35 heavy (non-hydrogen) atoms. The van der Waals surface area contributed by atoms with E-state index >= 15 is 0 Å². The van der Waals surface area contributed by atoms with Crippen LogP contribution in [0, 0.1) is 0 Å². The molecule has 1 aliphatic heterocycles. The number of anilines is 1. The fourth-order valence-corrected chi connectivity index (χ4v) is 6.08. The Morgan fingerprint density at radius 1 is 1.00 bits per heavy atom. The third-order valence-electron chi connectivity index (χ3n) is 5.64. The molecule has 3 aromatic carbocycles. The highest BCUT2D eigenvalue weighted by molar-refractivity contribution is 7.89. The van der Waals surface area contributed by atoms with Gasteiger partial charge in [-0.1, -0.05) is 65.7 Å². The van der Waals surface area contributed by atoms with Crippen LogP contribution in [0.15, 0.2) is 77.7 Å². The van der Waals surface area contributed by atoms with Crippen LogP contribution in [-0.2, 0) is 30.8 Å². The summed E-state index contributed by atoms with van der Waals surface area (Å²) in [4.78, 5) is 25.1. The number of halogens is 2. The molecule has 3 aromatic rings. The van der Waals surface area contributed by atoms with Crippen molar-refractivity contribution in [2.24, 2.45) is 0 Å². The summed E-state index contributed by atoms with van der Waals surface area (Å²) >= 11 is 11.9. The van der Waals surface area contributed by atoms with Gasteiger partial charge >= 0.3 is 5.97 Å². The number of benzene rings is 3. The maximum absolute atomic E-state index is 13.4. The molecule has 4 rings (SSSR count). The van der Waals surface area contributed by atoms with E-state index in [-0.39, 0.29) is 22.9 Å². The number of esters is 1. The zero-order valence-electron chi connectivity index (χ0n) is 18.5. The highest BCUT2D eigenvalue weighted by Crippen LogP contribution is 2.36. The van der Waals surface area contributed by atoms with E-state index in [0.29, 0.717) is 17.1 Å². The van der Waals surface area contributed by atoms with Crippen LogP contribution < -0.4 is 5.32 Å². The topological polar surface area (TPSA) is 92.8 Å². The van der Waals surface area contributed by atoms with Crippen molar-refractivity contribution >= 4 is 50.8 Å². The Bertz CT molecular complexity index is 1350. The van der Waals surface area contributed by atoms with Crippen LogP contribution >= 0.6 is 23.2 Å². The third kappa shape index (κ3) is 5.85. The minimum atomic E-state index is -3.86. The minimum absolute atomic E-state index is 0.150. The predicted octanol–water partition coefficient (Wildman–Crippen LogP) is 4.85. The van der Waals surface area contributed by atoms with Crippen LogP contribution in [0.5, 0.6) is 0 Å². The number of ether oxygens (including phenoxy) is 1. The normalized spacial score (nSPS) is 15.8. The molecule has 182 valence electrons. The molecule has 10 heteroatoms. The van der Waals surface area contributed by atoms with E-state index in [1.807, 2.05) is 18.2 Å². The molecule has 1 unspecified atom stereocenters. The van der Waals surface area contributed by atoms with Gasteiger partial charge in [0, 0.05) is 11.6 Å². The van der Waals surface area contributed by atoms with E-state index in [9.17, 15) is 18.0 Å². The Morgan fingerprint density at radius 3 is 2.46 bits per heavy atom. The van der Waals surface area contributed by atoms with Crippen LogP contribution in [-0.4, -0.2) is 37.8 Å². The molecule has 0 saturated heterocycles. The van der Waals surface area contributed by atoms with Gasteiger partial charge in [-0.25, -0.2) is 8.42 Å². The molecule has 0 saturated carbocycles. The van der Waals surface area contributed by atoms with E-state index in [0.717, 1.165) is 11.1 Å². The monoisotopic (exact) mass is 532 g/mol. The summed E-state index contributed by atoms with van der Waals surface area (Å²) in [6.45, 7) is -0.320. The summed E-state index contributed by atoms with van der Waals surface area (Å²) in [6.07, 6.45) is 0.288. The first-order valence-electron chi connectivity index (χ1n) is 10.8. The molecular formula is C25H22Cl2N2O5S. The van der Waals surface area contributed by atoms with E-state index in [4.69, 9.17) is 27.9 Å². The Hall–Kier alpha value is -2.91. The summed E-state index contributed by atoms with van der Waals surface area (Å²) in [5, 5.41) is 3.22. The molecule has 1 amide bonds. The second kappa shape index (κ2) is 10.8. The Balaban J connectivity index is 1.48. The summed E-state index contributed by atoms with van der Waals surface area (Å²) in [5.41, 5.74) is 2.05. The standard InChI is InChI=1S/C25H22Cl2N2O5S/c26-18-10-11-22(21(27)14-18)28-24(30)16-34-25(31)15-23-20-9-5-4-6-17(20)12-13-29(23)35(32,33)19-7-2-1-3-8-19/h1-11,14,23H,12-13,15-16H2,(H,28,30). The van der Waals surface area contributed by atoms with Crippen LogP contribution in [0.4, 0.5) is 5.69 Å². The van der Waals surface area contributed by atoms with Crippen LogP contribution in [0.1, 0.15) is 23.6 Å². The fourth-order valence-electron chi connectivity index (χ4n) is 4.00. The predicted molar refractivity (Wildman–Crippen MR) is 134 cm³/mol. The van der Waals surface area contributed by atoms with E-state index in [2.05, 4.69) is 5.32 Å². The zero-order valence-corrected chi connectivity index (χ0v) is 20.8. The molecular weight excluding hydrogens is 511 g/mol. The summed E-state index contributed by atoms with van der Waals surface area (Å²) in [5.74, 6) is -1.28. The van der Waals surface area contributed by atoms with Gasteiger partial charge < -0.3 is 10.1 Å². The van der Waals surface area contributed by atoms with Gasteiger partial charge in [0.15, 0.2) is 6.61 Å². The summed E-state index contributed by atoms with van der Waals surface area (Å²) < 4.78 is 33.3. The average Bonchev–Trinajstić information content (AvgIpc) is 2.85. The van der Waals surface area contributed by atoms with Crippen LogP contribution in [0.3, 0.4) is 0 Å². The fraction of sp³-hybridized carbons (Fsp3) is 0.200. The number of rotatable bonds is 7. The molecule has 0 bridgehead atoms. The molecule has 1 N–H and O–H groups in total. The Labute approximate surface area is 213 Å². The molecule has 0 fully saturated rings. The molecule has 1 aliphatic rings. The van der Waals surface area contributed by atoms with Crippen molar-refractivity contribution in [1.29, 1.82) is 0 Å². The van der Waals surface area contributed by atoms with Crippen molar-refractivity contribution in [2.45, 2.75) is 23.8 Å². The third-order valence-corrected chi connectivity index (χ3v) is 8.11. The highest BCUT2D eigenvalue weighted by atomic mass is 35.5. The maximum Gasteiger partial charge on any atom is 0.308 e. The van der Waals surface area contributed by atoms with E-state index in [1.54, 1.807) is 30.3 Å². The lowest BCUT2D eigenvalue weighted by atomic mass is 9.92. The lowest BCUT2D eigenvalue weighted by Gasteiger charge is -2.36. The average molecular weight is 533 g/mol. The van der Waals surface area contributed by atoms with Crippen LogP contribution in [0.25, 0.3) is 0 Å². The quantitative estimate of drug-likeness (QED) is 0.439. The van der Waals surface area contributed by atoms with Gasteiger partial charge in [-0.3, -0.25) is 9.59 Å². The number of nitrogens with one attached hydrogen (secondary N) is 1. The lowest BCUT2D eigenvalue weighted by molar-refractivity contribution is -0.148. The lowest BCUT2D eigenvalue weighted by Crippen LogP contribution is -2.41. The molecule has 0 aliphatic carbocycles. The molecule has 1 heterocycles. The number of hydrogen-bond donors (Lipinski definition) is 1. The largest absolute Gasteiger partial charge is 0.456 e. The molecule has 1 atom stereocenters. The summed E-state index contributed by atoms with van der Waals surface area (Å²) in [7, 11) is -3.86. The number of hydrogen-bond acceptors (Lipinski definition) is 5. The maximum atomic E-state index is 13.4. The zero-order chi connectivity index (χ0) is 25.0. The van der Waals surface area contributed by atoms with Crippen molar-refractivity contribution in [3.05, 3.63) is 94.0 Å². The highest BCUT2D eigenvalue weighted by Gasteiger charge is 2.37. The van der Waals surface area contributed by atoms with Crippen molar-refractivity contribution < 1.29 is 22.7 Å².